The van der Waals surface area contributed by atoms with Crippen LogP contribution in [0, 0.1) is 11.3 Å². The summed E-state index contributed by atoms with van der Waals surface area (Å²) in [6.07, 6.45) is 10.7. The molecule has 4 atom stereocenters. The molecule has 174 valence electrons. The Morgan fingerprint density at radius 1 is 1.16 bits per heavy atom. The first-order valence-corrected chi connectivity index (χ1v) is 12.3. The average molecular weight is 443 g/mol. The summed E-state index contributed by atoms with van der Waals surface area (Å²) in [6.45, 7) is 0.283. The van der Waals surface area contributed by atoms with E-state index in [-0.39, 0.29) is 48.6 Å². The van der Waals surface area contributed by atoms with E-state index >= 15 is 0 Å². The van der Waals surface area contributed by atoms with Crippen molar-refractivity contribution >= 4 is 5.91 Å². The Labute approximate surface area is 189 Å². The number of hydrogen-bond acceptors (Lipinski definition) is 4. The van der Waals surface area contributed by atoms with Crippen LogP contribution in [-0.4, -0.2) is 37.3 Å². The zero-order chi connectivity index (χ0) is 22.1. The fourth-order valence-electron chi connectivity index (χ4n) is 6.46. The fourth-order valence-corrected chi connectivity index (χ4v) is 6.46. The van der Waals surface area contributed by atoms with Crippen molar-refractivity contribution in [3.05, 3.63) is 41.7 Å². The molecule has 5 fully saturated rings. The normalized spacial score (nSPS) is 36.2. The summed E-state index contributed by atoms with van der Waals surface area (Å²) in [5, 5.41) is 3.51. The largest absolute Gasteiger partial charge is 0.489 e. The summed E-state index contributed by atoms with van der Waals surface area (Å²) < 4.78 is 24.7. The van der Waals surface area contributed by atoms with Crippen LogP contribution in [0.15, 0.2) is 36.2 Å². The smallest absolute Gasteiger partial charge is 0.226 e. The Morgan fingerprint density at radius 2 is 1.88 bits per heavy atom. The molecule has 2 aliphatic heterocycles. The van der Waals surface area contributed by atoms with E-state index in [1.807, 2.05) is 12.1 Å². The molecule has 0 aromatic heterocycles. The van der Waals surface area contributed by atoms with Crippen molar-refractivity contribution in [2.24, 2.45) is 17.1 Å². The molecule has 1 aromatic carbocycles. The Bertz CT molecular complexity index is 833. The summed E-state index contributed by atoms with van der Waals surface area (Å²) >= 11 is 0. The molecule has 2 saturated heterocycles. The summed E-state index contributed by atoms with van der Waals surface area (Å²) in [4.78, 5) is 13.5. The van der Waals surface area contributed by atoms with Crippen LogP contribution in [0.4, 0.5) is 4.39 Å². The van der Waals surface area contributed by atoms with Gasteiger partial charge in [-0.1, -0.05) is 12.1 Å². The zero-order valence-corrected chi connectivity index (χ0v) is 18.7. The van der Waals surface area contributed by atoms with Gasteiger partial charge in [0.25, 0.3) is 0 Å². The second kappa shape index (κ2) is 9.14. The SMILES string of the molecule is NC/C(=C\F)COc1ccc(C2C(NC(=O)C34CCC(CC3)CC4)CC3CCC2O3)cc1. The fraction of sp³-hybridized carbons (Fsp3) is 0.654. The number of carbonyl (C=O) groups excluding carboxylic acids is 1. The van der Waals surface area contributed by atoms with E-state index in [4.69, 9.17) is 15.2 Å². The third kappa shape index (κ3) is 4.19. The van der Waals surface area contributed by atoms with Crippen molar-refractivity contribution in [1.29, 1.82) is 0 Å². The van der Waals surface area contributed by atoms with Gasteiger partial charge >= 0.3 is 0 Å². The molecule has 4 unspecified atom stereocenters. The third-order valence-corrected chi connectivity index (χ3v) is 8.49. The number of fused-ring (bicyclic) bond motifs is 5. The second-order valence-electron chi connectivity index (χ2n) is 10.3. The van der Waals surface area contributed by atoms with Gasteiger partial charge in [-0.2, -0.15) is 0 Å². The molecule has 2 heterocycles. The summed E-state index contributed by atoms with van der Waals surface area (Å²) in [7, 11) is 0. The molecule has 3 saturated carbocycles. The van der Waals surface area contributed by atoms with E-state index in [9.17, 15) is 9.18 Å². The Kier molecular flexibility index (Phi) is 6.26. The van der Waals surface area contributed by atoms with Crippen LogP contribution in [0.3, 0.4) is 0 Å². The topological polar surface area (TPSA) is 73.6 Å². The van der Waals surface area contributed by atoms with Crippen LogP contribution in [0.2, 0.25) is 0 Å². The first-order chi connectivity index (χ1) is 15.6. The minimum atomic E-state index is -0.140. The van der Waals surface area contributed by atoms with Crippen molar-refractivity contribution in [3.8, 4) is 5.75 Å². The first-order valence-electron chi connectivity index (χ1n) is 12.3. The number of ether oxygens (including phenoxy) is 2. The highest BCUT2D eigenvalue weighted by molar-refractivity contribution is 5.83. The number of amides is 1. The average Bonchev–Trinajstić information content (AvgIpc) is 3.23. The molecule has 0 spiro atoms. The first kappa shape index (κ1) is 21.9. The van der Waals surface area contributed by atoms with Gasteiger partial charge in [0.05, 0.1) is 18.5 Å². The molecular formula is C26H35FN2O3. The summed E-state index contributed by atoms with van der Waals surface area (Å²) in [5.74, 6) is 1.95. The van der Waals surface area contributed by atoms with Gasteiger partial charge in [-0.25, -0.2) is 4.39 Å². The van der Waals surface area contributed by atoms with E-state index < -0.39 is 0 Å². The minimum absolute atomic E-state index is 0.104. The van der Waals surface area contributed by atoms with Crippen molar-refractivity contribution in [3.63, 3.8) is 0 Å². The lowest BCUT2D eigenvalue weighted by molar-refractivity contribution is -0.139. The van der Waals surface area contributed by atoms with Crippen LogP contribution < -0.4 is 15.8 Å². The maximum atomic E-state index is 13.5. The molecule has 3 aliphatic carbocycles. The van der Waals surface area contributed by atoms with Crippen molar-refractivity contribution < 1.29 is 18.7 Å². The monoisotopic (exact) mass is 442 g/mol. The molecule has 6 heteroatoms. The van der Waals surface area contributed by atoms with Crippen LogP contribution in [0.1, 0.15) is 69.3 Å². The van der Waals surface area contributed by atoms with Crippen molar-refractivity contribution in [1.82, 2.24) is 5.32 Å². The molecule has 32 heavy (non-hydrogen) atoms. The van der Waals surface area contributed by atoms with Crippen molar-refractivity contribution in [2.45, 2.75) is 82.0 Å². The number of halogens is 1. The number of rotatable bonds is 7. The van der Waals surface area contributed by atoms with Gasteiger partial charge < -0.3 is 20.5 Å². The quantitative estimate of drug-likeness (QED) is 0.658. The molecular weight excluding hydrogens is 407 g/mol. The molecule has 1 aromatic rings. The van der Waals surface area contributed by atoms with E-state index in [0.29, 0.717) is 17.7 Å². The van der Waals surface area contributed by atoms with Gasteiger partial charge in [-0.05, 0) is 81.4 Å². The number of hydrogen-bond donors (Lipinski definition) is 2. The Balaban J connectivity index is 1.30. The molecule has 3 N–H and O–H groups in total. The van der Waals surface area contributed by atoms with Gasteiger partial charge in [0, 0.05) is 29.5 Å². The van der Waals surface area contributed by atoms with E-state index in [2.05, 4.69) is 17.4 Å². The van der Waals surface area contributed by atoms with E-state index in [0.717, 1.165) is 50.0 Å². The maximum absolute atomic E-state index is 13.5. The maximum Gasteiger partial charge on any atom is 0.226 e. The number of carbonyl (C=O) groups is 1. The van der Waals surface area contributed by atoms with Crippen molar-refractivity contribution in [2.75, 3.05) is 13.2 Å². The Hall–Kier alpha value is -1.92. The van der Waals surface area contributed by atoms with Gasteiger partial charge in [-0.3, -0.25) is 4.79 Å². The lowest BCUT2D eigenvalue weighted by Gasteiger charge is -2.47. The predicted octanol–water partition coefficient (Wildman–Crippen LogP) is 4.37. The van der Waals surface area contributed by atoms with Gasteiger partial charge in [0.1, 0.15) is 12.4 Å². The highest BCUT2D eigenvalue weighted by Gasteiger charge is 2.49. The van der Waals surface area contributed by atoms with Crippen LogP contribution >= 0.6 is 0 Å². The van der Waals surface area contributed by atoms with Crippen LogP contribution in [0.25, 0.3) is 0 Å². The van der Waals surface area contributed by atoms with Gasteiger partial charge in [0.2, 0.25) is 5.91 Å². The number of nitrogens with one attached hydrogen (secondary N) is 1. The molecule has 5 nitrogen and oxygen atoms in total. The molecule has 6 rings (SSSR count). The zero-order valence-electron chi connectivity index (χ0n) is 18.7. The predicted molar refractivity (Wildman–Crippen MR) is 121 cm³/mol. The molecule has 4 bridgehead atoms. The standard InChI is InChI=1S/C26H35FN2O3/c27-14-18(15-28)16-31-20-3-1-19(2-4-20)24-22(13-21-5-6-23(24)32-21)29-25(30)26-10-7-17(8-11-26)9-12-26/h1-4,14,17,21-24H,5-13,15-16,28H2,(H,29,30)/b18-14+. The minimum Gasteiger partial charge on any atom is -0.489 e. The summed E-state index contributed by atoms with van der Waals surface area (Å²) in [5.41, 5.74) is 6.94. The molecule has 5 aliphatic rings. The van der Waals surface area contributed by atoms with Gasteiger partial charge in [0.15, 0.2) is 0 Å². The van der Waals surface area contributed by atoms with E-state index in [1.54, 1.807) is 0 Å². The highest BCUT2D eigenvalue weighted by atomic mass is 19.1. The molecule has 0 radical (unpaired) electrons. The Morgan fingerprint density at radius 3 is 2.53 bits per heavy atom. The third-order valence-electron chi connectivity index (χ3n) is 8.49. The molecule has 1 amide bonds. The lowest BCUT2D eigenvalue weighted by atomic mass is 9.60. The second-order valence-corrected chi connectivity index (χ2v) is 10.3. The lowest BCUT2D eigenvalue weighted by Crippen LogP contribution is -2.54. The highest BCUT2D eigenvalue weighted by Crippen LogP contribution is 2.51. The summed E-state index contributed by atoms with van der Waals surface area (Å²) in [6, 6.07) is 8.07. The van der Waals surface area contributed by atoms with Gasteiger partial charge in [-0.15, -0.1) is 0 Å². The number of nitrogens with two attached hydrogens (primary N) is 1. The van der Waals surface area contributed by atoms with E-state index in [1.165, 1.54) is 19.3 Å². The number of benzene rings is 1. The van der Waals surface area contributed by atoms with Crippen LogP contribution in [0.5, 0.6) is 5.75 Å². The van der Waals surface area contributed by atoms with Crippen LogP contribution in [-0.2, 0) is 9.53 Å².